The fourth-order valence-corrected chi connectivity index (χ4v) is 2.43. The number of piperazine rings is 1. The number of benzene rings is 2. The van der Waals surface area contributed by atoms with E-state index in [-0.39, 0.29) is 5.91 Å². The zero-order valence-electron chi connectivity index (χ0n) is 13.2. The lowest BCUT2D eigenvalue weighted by atomic mass is 10.2. The predicted molar refractivity (Wildman–Crippen MR) is 89.5 cm³/mol. The third kappa shape index (κ3) is 4.31. The van der Waals surface area contributed by atoms with Crippen LogP contribution in [-0.4, -0.2) is 49.0 Å². The maximum Gasteiger partial charge on any atom is 0.265 e. The van der Waals surface area contributed by atoms with Crippen LogP contribution in [-0.2, 0) is 0 Å². The number of hydrogen-bond acceptors (Lipinski definition) is 4. The second-order valence-electron chi connectivity index (χ2n) is 5.67. The monoisotopic (exact) mass is 311 g/mol. The number of carbonyl (C=O) groups is 1. The Morgan fingerprint density at radius 3 is 2.17 bits per heavy atom. The minimum absolute atomic E-state index is 0.0826. The lowest BCUT2D eigenvalue weighted by molar-refractivity contribution is 0.0662. The molecule has 0 radical (unpaired) electrons. The third-order valence-corrected chi connectivity index (χ3v) is 3.86. The van der Waals surface area contributed by atoms with Crippen molar-refractivity contribution in [3.63, 3.8) is 0 Å². The largest absolute Gasteiger partial charge is 0.457 e. The zero-order chi connectivity index (χ0) is 16.1. The van der Waals surface area contributed by atoms with Crippen LogP contribution in [0.25, 0.3) is 0 Å². The van der Waals surface area contributed by atoms with Gasteiger partial charge in [0.1, 0.15) is 11.5 Å². The van der Waals surface area contributed by atoms with Crippen molar-refractivity contribution in [2.24, 2.45) is 0 Å². The summed E-state index contributed by atoms with van der Waals surface area (Å²) < 4.78 is 5.73. The van der Waals surface area contributed by atoms with E-state index < -0.39 is 0 Å². The van der Waals surface area contributed by atoms with E-state index in [1.807, 2.05) is 47.5 Å². The molecule has 1 N–H and O–H groups in total. The van der Waals surface area contributed by atoms with Gasteiger partial charge in [0.15, 0.2) is 0 Å². The molecule has 2 aromatic rings. The molecule has 0 aliphatic carbocycles. The van der Waals surface area contributed by atoms with Crippen molar-refractivity contribution >= 4 is 5.91 Å². The topological polar surface area (TPSA) is 44.8 Å². The van der Waals surface area contributed by atoms with E-state index in [1.165, 1.54) is 0 Å². The van der Waals surface area contributed by atoms with Crippen molar-refractivity contribution < 1.29 is 9.53 Å². The van der Waals surface area contributed by atoms with E-state index in [0.717, 1.165) is 31.9 Å². The van der Waals surface area contributed by atoms with Crippen LogP contribution in [0.15, 0.2) is 54.6 Å². The lowest BCUT2D eigenvalue weighted by Crippen LogP contribution is -2.52. The Kier molecular flexibility index (Phi) is 4.90. The standard InChI is InChI=1S/C18H21N3O2/c1-20-11-13-21(14-12-20)19-18(22)15-7-9-17(10-8-15)23-16-5-3-2-4-6-16/h2-10H,11-14H2,1H3,(H,19,22). The van der Waals surface area contributed by atoms with Gasteiger partial charge < -0.3 is 9.64 Å². The summed E-state index contributed by atoms with van der Waals surface area (Å²) in [5.41, 5.74) is 3.58. The Bertz CT molecular complexity index is 635. The number of carbonyl (C=O) groups excluding carboxylic acids is 1. The average molecular weight is 311 g/mol. The number of para-hydroxylation sites is 1. The van der Waals surface area contributed by atoms with Crippen molar-refractivity contribution in [2.75, 3.05) is 33.2 Å². The molecule has 120 valence electrons. The van der Waals surface area contributed by atoms with Crippen LogP contribution in [0.4, 0.5) is 0 Å². The van der Waals surface area contributed by atoms with Crippen molar-refractivity contribution in [1.82, 2.24) is 15.3 Å². The summed E-state index contributed by atoms with van der Waals surface area (Å²) in [6.07, 6.45) is 0. The number of hydrazine groups is 1. The maximum atomic E-state index is 12.3. The molecular formula is C18H21N3O2. The molecule has 3 rings (SSSR count). The van der Waals surface area contributed by atoms with Crippen molar-refractivity contribution in [2.45, 2.75) is 0 Å². The molecule has 0 saturated carbocycles. The molecule has 5 nitrogen and oxygen atoms in total. The Morgan fingerprint density at radius 1 is 0.913 bits per heavy atom. The quantitative estimate of drug-likeness (QED) is 0.941. The lowest BCUT2D eigenvalue weighted by Gasteiger charge is -2.32. The Morgan fingerprint density at radius 2 is 1.52 bits per heavy atom. The highest BCUT2D eigenvalue weighted by atomic mass is 16.5. The van der Waals surface area contributed by atoms with Crippen LogP contribution in [0, 0.1) is 0 Å². The van der Waals surface area contributed by atoms with E-state index in [9.17, 15) is 4.79 Å². The van der Waals surface area contributed by atoms with Gasteiger partial charge >= 0.3 is 0 Å². The smallest absolute Gasteiger partial charge is 0.265 e. The summed E-state index contributed by atoms with van der Waals surface area (Å²) >= 11 is 0. The highest BCUT2D eigenvalue weighted by Gasteiger charge is 2.16. The van der Waals surface area contributed by atoms with Crippen LogP contribution in [0.2, 0.25) is 0 Å². The van der Waals surface area contributed by atoms with E-state index >= 15 is 0 Å². The molecule has 0 unspecified atom stereocenters. The molecule has 0 atom stereocenters. The molecule has 1 aliphatic rings. The van der Waals surface area contributed by atoms with E-state index in [2.05, 4.69) is 17.4 Å². The molecule has 23 heavy (non-hydrogen) atoms. The average Bonchev–Trinajstić information content (AvgIpc) is 2.58. The Balaban J connectivity index is 1.57. The van der Waals surface area contributed by atoms with Crippen LogP contribution in [0.1, 0.15) is 10.4 Å². The minimum atomic E-state index is -0.0826. The number of amides is 1. The third-order valence-electron chi connectivity index (χ3n) is 3.86. The predicted octanol–water partition coefficient (Wildman–Crippen LogP) is 2.37. The fraction of sp³-hybridized carbons (Fsp3) is 0.278. The van der Waals surface area contributed by atoms with Crippen LogP contribution < -0.4 is 10.2 Å². The maximum absolute atomic E-state index is 12.3. The summed E-state index contributed by atoms with van der Waals surface area (Å²) in [5, 5.41) is 1.97. The zero-order valence-corrected chi connectivity index (χ0v) is 13.2. The van der Waals surface area contributed by atoms with Gasteiger partial charge in [-0.1, -0.05) is 18.2 Å². The molecular weight excluding hydrogens is 290 g/mol. The second kappa shape index (κ2) is 7.26. The molecule has 1 heterocycles. The normalized spacial score (nSPS) is 16.0. The molecule has 1 fully saturated rings. The number of rotatable bonds is 4. The first-order chi connectivity index (χ1) is 11.2. The van der Waals surface area contributed by atoms with Crippen molar-refractivity contribution in [1.29, 1.82) is 0 Å². The number of nitrogens with zero attached hydrogens (tertiary/aromatic N) is 2. The van der Waals surface area contributed by atoms with Gasteiger partial charge in [-0.25, -0.2) is 5.01 Å². The second-order valence-corrected chi connectivity index (χ2v) is 5.67. The number of nitrogens with one attached hydrogen (secondary N) is 1. The van der Waals surface area contributed by atoms with Gasteiger partial charge in [-0.3, -0.25) is 10.2 Å². The first-order valence-electron chi connectivity index (χ1n) is 7.78. The molecule has 0 aromatic heterocycles. The van der Waals surface area contributed by atoms with Gasteiger partial charge in [-0.05, 0) is 43.4 Å². The first-order valence-corrected chi connectivity index (χ1v) is 7.78. The summed E-state index contributed by atoms with van der Waals surface area (Å²) in [7, 11) is 2.09. The van der Waals surface area contributed by atoms with Gasteiger partial charge in [-0.2, -0.15) is 0 Å². The number of likely N-dealkylation sites (N-methyl/N-ethyl adjacent to an activating group) is 1. The van der Waals surface area contributed by atoms with Crippen LogP contribution in [0.5, 0.6) is 11.5 Å². The summed E-state index contributed by atoms with van der Waals surface area (Å²) in [6, 6.07) is 16.8. The molecule has 1 saturated heterocycles. The van der Waals surface area contributed by atoms with Crippen LogP contribution >= 0.6 is 0 Å². The van der Waals surface area contributed by atoms with Gasteiger partial charge in [0.25, 0.3) is 5.91 Å². The summed E-state index contributed by atoms with van der Waals surface area (Å²) in [4.78, 5) is 14.5. The van der Waals surface area contributed by atoms with E-state index in [4.69, 9.17) is 4.74 Å². The molecule has 5 heteroatoms. The Labute approximate surface area is 136 Å². The van der Waals surface area contributed by atoms with Crippen molar-refractivity contribution in [3.8, 4) is 11.5 Å². The van der Waals surface area contributed by atoms with Gasteiger partial charge in [-0.15, -0.1) is 0 Å². The number of ether oxygens (including phenoxy) is 1. The highest BCUT2D eigenvalue weighted by molar-refractivity contribution is 5.93. The molecule has 0 spiro atoms. The van der Waals surface area contributed by atoms with E-state index in [0.29, 0.717) is 11.3 Å². The summed E-state index contributed by atoms with van der Waals surface area (Å²) in [6.45, 7) is 3.61. The highest BCUT2D eigenvalue weighted by Crippen LogP contribution is 2.21. The first kappa shape index (κ1) is 15.5. The SMILES string of the molecule is CN1CCN(NC(=O)c2ccc(Oc3ccccc3)cc2)CC1. The van der Waals surface area contributed by atoms with Gasteiger partial charge in [0, 0.05) is 31.7 Å². The molecule has 0 bridgehead atoms. The minimum Gasteiger partial charge on any atom is -0.457 e. The van der Waals surface area contributed by atoms with Gasteiger partial charge in [0.2, 0.25) is 0 Å². The van der Waals surface area contributed by atoms with E-state index in [1.54, 1.807) is 12.1 Å². The molecule has 2 aromatic carbocycles. The summed E-state index contributed by atoms with van der Waals surface area (Å²) in [5.74, 6) is 1.41. The Hall–Kier alpha value is -2.37. The fourth-order valence-electron chi connectivity index (χ4n) is 2.43. The van der Waals surface area contributed by atoms with Crippen molar-refractivity contribution in [3.05, 3.63) is 60.2 Å². The number of hydrogen-bond donors (Lipinski definition) is 1. The van der Waals surface area contributed by atoms with Gasteiger partial charge in [0.05, 0.1) is 0 Å². The van der Waals surface area contributed by atoms with Crippen LogP contribution in [0.3, 0.4) is 0 Å². The molecule has 1 amide bonds. The molecule has 1 aliphatic heterocycles.